The fourth-order valence-electron chi connectivity index (χ4n) is 2.03. The van der Waals surface area contributed by atoms with Gasteiger partial charge in [0.05, 0.1) is 34.9 Å². The topological polar surface area (TPSA) is 49.8 Å². The Morgan fingerprint density at radius 1 is 1.20 bits per heavy atom. The Balaban J connectivity index is 1.77. The highest BCUT2D eigenvalue weighted by molar-refractivity contribution is 7.23. The van der Waals surface area contributed by atoms with Crippen molar-refractivity contribution in [1.29, 1.82) is 0 Å². The van der Waals surface area contributed by atoms with Gasteiger partial charge in [-0.15, -0.1) is 0 Å². The second-order valence-electron chi connectivity index (χ2n) is 6.30. The van der Waals surface area contributed by atoms with Gasteiger partial charge in [0.2, 0.25) is 0 Å². The molecule has 0 aliphatic carbocycles. The van der Waals surface area contributed by atoms with E-state index in [4.69, 9.17) is 18.8 Å². The summed E-state index contributed by atoms with van der Waals surface area (Å²) in [6, 6.07) is 0. The average Bonchev–Trinajstić information content (AvgIpc) is 2.72. The molecule has 2 aliphatic rings. The number of nitrogens with zero attached hydrogens (tertiary/aromatic N) is 1. The molecule has 0 bridgehead atoms. The molecule has 2 saturated heterocycles. The van der Waals surface area contributed by atoms with E-state index in [-0.39, 0.29) is 24.4 Å². The molecule has 20 heavy (non-hydrogen) atoms. The molecule has 0 N–H and O–H groups in total. The van der Waals surface area contributed by atoms with Crippen LogP contribution in [-0.4, -0.2) is 42.6 Å². The highest BCUT2D eigenvalue weighted by Gasteiger charge is 2.53. The molecule has 1 aromatic heterocycles. The number of hydrogen-bond acceptors (Lipinski definition) is 6. The molecular weight excluding hydrogens is 277 g/mol. The molecule has 0 atom stereocenters. The SMILES string of the molecule is Cc1nc(OC2COC2)sc1B1OC(C)(C)C(C)(C)O1. The summed E-state index contributed by atoms with van der Waals surface area (Å²) >= 11 is 1.50. The van der Waals surface area contributed by atoms with Crippen LogP contribution < -0.4 is 9.51 Å². The maximum Gasteiger partial charge on any atom is 0.507 e. The molecule has 0 unspecified atom stereocenters. The average molecular weight is 297 g/mol. The van der Waals surface area contributed by atoms with Crippen LogP contribution in [0.4, 0.5) is 0 Å². The standard InChI is InChI=1S/C13H20BNO4S/c1-8-10(14-18-12(2,3)13(4,5)19-14)20-11(15-8)17-9-6-16-7-9/h9H,6-7H2,1-5H3. The van der Waals surface area contributed by atoms with E-state index in [1.165, 1.54) is 11.3 Å². The molecule has 5 nitrogen and oxygen atoms in total. The van der Waals surface area contributed by atoms with Gasteiger partial charge in [0.1, 0.15) is 6.10 Å². The first-order valence-corrected chi connectivity index (χ1v) is 7.67. The Bertz CT molecular complexity index is 496. The number of hydrogen-bond donors (Lipinski definition) is 0. The molecule has 110 valence electrons. The van der Waals surface area contributed by atoms with E-state index in [2.05, 4.69) is 4.98 Å². The van der Waals surface area contributed by atoms with Crippen molar-refractivity contribution in [2.24, 2.45) is 0 Å². The zero-order valence-corrected chi connectivity index (χ0v) is 13.4. The lowest BCUT2D eigenvalue weighted by atomic mass is 9.86. The van der Waals surface area contributed by atoms with Gasteiger partial charge in [0.25, 0.3) is 5.19 Å². The smallest absolute Gasteiger partial charge is 0.462 e. The Morgan fingerprint density at radius 2 is 1.80 bits per heavy atom. The molecule has 3 heterocycles. The van der Waals surface area contributed by atoms with Crippen molar-refractivity contribution in [3.63, 3.8) is 0 Å². The van der Waals surface area contributed by atoms with E-state index < -0.39 is 0 Å². The summed E-state index contributed by atoms with van der Waals surface area (Å²) < 4.78 is 23.9. The van der Waals surface area contributed by atoms with Gasteiger partial charge in [-0.2, -0.15) is 0 Å². The third kappa shape index (κ3) is 2.37. The summed E-state index contributed by atoms with van der Waals surface area (Å²) in [7, 11) is -0.368. The number of thiazole rings is 1. The maximum atomic E-state index is 6.06. The molecule has 7 heteroatoms. The van der Waals surface area contributed by atoms with E-state index in [9.17, 15) is 0 Å². The first-order chi connectivity index (χ1) is 9.28. The molecule has 2 aliphatic heterocycles. The summed E-state index contributed by atoms with van der Waals surface area (Å²) in [6.45, 7) is 11.4. The van der Waals surface area contributed by atoms with Crippen LogP contribution in [0.5, 0.6) is 5.19 Å². The minimum absolute atomic E-state index is 0.131. The monoisotopic (exact) mass is 297 g/mol. The molecule has 1 aromatic rings. The highest BCUT2D eigenvalue weighted by atomic mass is 32.1. The van der Waals surface area contributed by atoms with Gasteiger partial charge < -0.3 is 18.8 Å². The minimum atomic E-state index is -0.368. The van der Waals surface area contributed by atoms with Crippen LogP contribution >= 0.6 is 11.3 Å². The summed E-state index contributed by atoms with van der Waals surface area (Å²) in [5.74, 6) is 0. The van der Waals surface area contributed by atoms with Crippen molar-refractivity contribution in [1.82, 2.24) is 4.98 Å². The van der Waals surface area contributed by atoms with Crippen molar-refractivity contribution < 1.29 is 18.8 Å². The summed E-state index contributed by atoms with van der Waals surface area (Å²) in [5.41, 5.74) is 0.233. The van der Waals surface area contributed by atoms with E-state index in [0.717, 1.165) is 10.5 Å². The minimum Gasteiger partial charge on any atom is -0.462 e. The molecule has 0 spiro atoms. The second kappa shape index (κ2) is 4.69. The van der Waals surface area contributed by atoms with Crippen molar-refractivity contribution >= 4 is 23.2 Å². The van der Waals surface area contributed by atoms with E-state index in [0.29, 0.717) is 18.4 Å². The Hall–Kier alpha value is -0.625. The number of ether oxygens (including phenoxy) is 2. The molecule has 0 radical (unpaired) electrons. The zero-order chi connectivity index (χ0) is 14.5. The molecule has 0 aromatic carbocycles. The lowest BCUT2D eigenvalue weighted by Gasteiger charge is -2.32. The quantitative estimate of drug-likeness (QED) is 0.792. The van der Waals surface area contributed by atoms with E-state index >= 15 is 0 Å². The van der Waals surface area contributed by atoms with Crippen molar-refractivity contribution in [2.75, 3.05) is 13.2 Å². The predicted octanol–water partition coefficient (Wildman–Crippen LogP) is 1.53. The van der Waals surface area contributed by atoms with Gasteiger partial charge in [0, 0.05) is 0 Å². The molecule has 0 amide bonds. The van der Waals surface area contributed by atoms with Crippen molar-refractivity contribution in [3.05, 3.63) is 5.69 Å². The second-order valence-corrected chi connectivity index (χ2v) is 7.29. The largest absolute Gasteiger partial charge is 0.507 e. The van der Waals surface area contributed by atoms with Gasteiger partial charge in [-0.05, 0) is 34.6 Å². The Labute approximate surface area is 123 Å². The summed E-state index contributed by atoms with van der Waals surface area (Å²) in [6.07, 6.45) is 0.131. The van der Waals surface area contributed by atoms with Gasteiger partial charge in [-0.25, -0.2) is 4.98 Å². The predicted molar refractivity (Wildman–Crippen MR) is 77.8 cm³/mol. The van der Waals surface area contributed by atoms with Crippen LogP contribution in [0, 0.1) is 6.92 Å². The van der Waals surface area contributed by atoms with E-state index in [1.54, 1.807) is 0 Å². The summed E-state index contributed by atoms with van der Waals surface area (Å²) in [4.78, 5) is 4.45. The lowest BCUT2D eigenvalue weighted by Crippen LogP contribution is -2.41. The maximum absolute atomic E-state index is 6.06. The van der Waals surface area contributed by atoms with Gasteiger partial charge in [0.15, 0.2) is 0 Å². The molecular formula is C13H20BNO4S. The van der Waals surface area contributed by atoms with Crippen LogP contribution in [0.3, 0.4) is 0 Å². The molecule has 0 saturated carbocycles. The van der Waals surface area contributed by atoms with Crippen LogP contribution in [-0.2, 0) is 14.0 Å². The zero-order valence-electron chi connectivity index (χ0n) is 12.6. The normalized spacial score (nSPS) is 24.8. The van der Waals surface area contributed by atoms with Crippen molar-refractivity contribution in [2.45, 2.75) is 51.9 Å². The number of aryl methyl sites for hydroxylation is 1. The van der Waals surface area contributed by atoms with Gasteiger partial charge in [-0.3, -0.25) is 0 Å². The first kappa shape index (κ1) is 14.3. The highest BCUT2D eigenvalue weighted by Crippen LogP contribution is 2.37. The van der Waals surface area contributed by atoms with Crippen LogP contribution in [0.15, 0.2) is 0 Å². The molecule has 2 fully saturated rings. The van der Waals surface area contributed by atoms with Crippen LogP contribution in [0.2, 0.25) is 0 Å². The fourth-order valence-corrected chi connectivity index (χ4v) is 2.97. The van der Waals surface area contributed by atoms with Crippen molar-refractivity contribution in [3.8, 4) is 5.19 Å². The number of aromatic nitrogens is 1. The van der Waals surface area contributed by atoms with E-state index in [1.807, 2.05) is 34.6 Å². The fraction of sp³-hybridized carbons (Fsp3) is 0.769. The lowest BCUT2D eigenvalue weighted by molar-refractivity contribution is -0.0797. The third-order valence-electron chi connectivity index (χ3n) is 4.16. The third-order valence-corrected chi connectivity index (χ3v) is 5.23. The van der Waals surface area contributed by atoms with Gasteiger partial charge in [-0.1, -0.05) is 11.3 Å². The Kier molecular flexibility index (Phi) is 3.36. The van der Waals surface area contributed by atoms with Crippen LogP contribution in [0.25, 0.3) is 0 Å². The van der Waals surface area contributed by atoms with Crippen LogP contribution in [0.1, 0.15) is 33.4 Å². The van der Waals surface area contributed by atoms with Gasteiger partial charge >= 0.3 is 7.12 Å². The first-order valence-electron chi connectivity index (χ1n) is 6.86. The molecule has 3 rings (SSSR count). The summed E-state index contributed by atoms with van der Waals surface area (Å²) in [5, 5.41) is 0.667. The number of rotatable bonds is 3. The Morgan fingerprint density at radius 3 is 2.30 bits per heavy atom.